The number of rotatable bonds is 4. The second-order valence-electron chi connectivity index (χ2n) is 6.54. The van der Waals surface area contributed by atoms with Gasteiger partial charge in [-0.3, -0.25) is 0 Å². The third kappa shape index (κ3) is 4.38. The first-order valence-corrected chi connectivity index (χ1v) is 7.20. The average Bonchev–Trinajstić information content (AvgIpc) is 2.34. The topological polar surface area (TPSA) is 0 Å². The van der Waals surface area contributed by atoms with Crippen LogP contribution in [0.5, 0.6) is 0 Å². The highest BCUT2D eigenvalue weighted by Crippen LogP contribution is 2.26. The Labute approximate surface area is 119 Å². The molecule has 0 saturated heterocycles. The number of benzene rings is 1. The Morgan fingerprint density at radius 3 is 2.05 bits per heavy atom. The largest absolute Gasteiger partial charge is 0.0995 e. The van der Waals surface area contributed by atoms with Crippen LogP contribution in [-0.4, -0.2) is 0 Å². The monoisotopic (exact) mass is 256 g/mol. The number of hydrogen-bond donors (Lipinski definition) is 0. The Morgan fingerprint density at radius 1 is 1.16 bits per heavy atom. The average molecular weight is 256 g/mol. The molecule has 1 aromatic carbocycles. The van der Waals surface area contributed by atoms with E-state index in [0.29, 0.717) is 5.92 Å². The minimum atomic E-state index is 0.222. The lowest BCUT2D eigenvalue weighted by molar-refractivity contribution is 0.590. The summed E-state index contributed by atoms with van der Waals surface area (Å²) < 4.78 is 0. The smallest absolute Gasteiger partial charge is 0.00254 e. The molecule has 0 heteroatoms. The SMILES string of the molecule is C=C(C)C(/C=C(\C)c1ccc(C(C)(C)C)cc1)CC. The van der Waals surface area contributed by atoms with Crippen molar-refractivity contribution in [2.75, 3.05) is 0 Å². The summed E-state index contributed by atoms with van der Waals surface area (Å²) >= 11 is 0. The predicted octanol–water partition coefficient (Wildman–Crippen LogP) is 5.99. The summed E-state index contributed by atoms with van der Waals surface area (Å²) in [5.74, 6) is 0.488. The highest BCUT2D eigenvalue weighted by atomic mass is 14.2. The second-order valence-corrected chi connectivity index (χ2v) is 6.54. The van der Waals surface area contributed by atoms with Crippen molar-refractivity contribution in [3.63, 3.8) is 0 Å². The van der Waals surface area contributed by atoms with E-state index in [4.69, 9.17) is 0 Å². The molecule has 0 aliphatic carbocycles. The molecule has 1 rings (SSSR count). The molecule has 0 amide bonds. The Kier molecular flexibility index (Phi) is 5.17. The van der Waals surface area contributed by atoms with Gasteiger partial charge in [-0.2, -0.15) is 0 Å². The summed E-state index contributed by atoms with van der Waals surface area (Å²) in [6.07, 6.45) is 3.46. The van der Waals surface area contributed by atoms with E-state index >= 15 is 0 Å². The molecule has 1 atom stereocenters. The maximum atomic E-state index is 4.07. The molecule has 0 nitrogen and oxygen atoms in total. The molecule has 0 aliphatic rings. The van der Waals surface area contributed by atoms with Crippen molar-refractivity contribution >= 4 is 5.57 Å². The van der Waals surface area contributed by atoms with E-state index in [0.717, 1.165) is 6.42 Å². The highest BCUT2D eigenvalue weighted by molar-refractivity contribution is 5.64. The third-order valence-electron chi connectivity index (χ3n) is 3.73. The van der Waals surface area contributed by atoms with Crippen LogP contribution in [0.4, 0.5) is 0 Å². The highest BCUT2D eigenvalue weighted by Gasteiger charge is 2.13. The molecular weight excluding hydrogens is 228 g/mol. The van der Waals surface area contributed by atoms with Crippen LogP contribution >= 0.6 is 0 Å². The maximum Gasteiger partial charge on any atom is -0.00254 e. The van der Waals surface area contributed by atoms with Crippen molar-refractivity contribution in [3.8, 4) is 0 Å². The van der Waals surface area contributed by atoms with Crippen molar-refractivity contribution in [2.45, 2.75) is 53.4 Å². The van der Waals surface area contributed by atoms with Gasteiger partial charge in [-0.1, -0.05) is 70.2 Å². The van der Waals surface area contributed by atoms with Gasteiger partial charge in [0.25, 0.3) is 0 Å². The molecule has 1 aromatic rings. The van der Waals surface area contributed by atoms with Gasteiger partial charge in [-0.25, -0.2) is 0 Å². The van der Waals surface area contributed by atoms with Crippen molar-refractivity contribution in [3.05, 3.63) is 53.6 Å². The summed E-state index contributed by atoms with van der Waals surface area (Å²) in [4.78, 5) is 0. The van der Waals surface area contributed by atoms with Gasteiger partial charge < -0.3 is 0 Å². The standard InChI is InChI=1S/C19H28/c1-8-16(14(2)3)13-15(4)17-9-11-18(12-10-17)19(5,6)7/h9-13,16H,2,8H2,1,3-7H3/b15-13+. The van der Waals surface area contributed by atoms with E-state index in [1.54, 1.807) is 0 Å². The molecule has 1 unspecified atom stereocenters. The Bertz CT molecular complexity index is 452. The zero-order valence-corrected chi connectivity index (χ0v) is 13.4. The molecule has 0 radical (unpaired) electrons. The zero-order chi connectivity index (χ0) is 14.6. The molecule has 0 aromatic heterocycles. The summed E-state index contributed by atoms with van der Waals surface area (Å²) in [6, 6.07) is 8.96. The van der Waals surface area contributed by atoms with Gasteiger partial charge in [0.05, 0.1) is 0 Å². The summed E-state index contributed by atoms with van der Waals surface area (Å²) in [5.41, 5.74) is 5.51. The van der Waals surface area contributed by atoms with Crippen LogP contribution in [0.1, 0.15) is 59.1 Å². The molecule has 0 spiro atoms. The minimum absolute atomic E-state index is 0.222. The molecule has 104 valence electrons. The summed E-state index contributed by atoms with van der Waals surface area (Å²) in [7, 11) is 0. The van der Waals surface area contributed by atoms with Crippen molar-refractivity contribution in [1.82, 2.24) is 0 Å². The van der Waals surface area contributed by atoms with Crippen molar-refractivity contribution in [1.29, 1.82) is 0 Å². The first-order valence-electron chi connectivity index (χ1n) is 7.20. The third-order valence-corrected chi connectivity index (χ3v) is 3.73. The molecular formula is C19H28. The normalized spacial score (nSPS) is 14.3. The van der Waals surface area contributed by atoms with Crippen LogP contribution in [0.2, 0.25) is 0 Å². The molecule has 0 heterocycles. The van der Waals surface area contributed by atoms with Gasteiger partial charge in [0.2, 0.25) is 0 Å². The van der Waals surface area contributed by atoms with Crippen LogP contribution in [0, 0.1) is 5.92 Å². The number of hydrogen-bond acceptors (Lipinski definition) is 0. The second kappa shape index (κ2) is 6.23. The Morgan fingerprint density at radius 2 is 1.68 bits per heavy atom. The van der Waals surface area contributed by atoms with E-state index in [-0.39, 0.29) is 5.41 Å². The Hall–Kier alpha value is -1.30. The van der Waals surface area contributed by atoms with Crippen LogP contribution in [-0.2, 0) is 5.41 Å². The first-order chi connectivity index (χ1) is 8.75. The fourth-order valence-electron chi connectivity index (χ4n) is 2.24. The quantitative estimate of drug-likeness (QED) is 0.580. The molecule has 0 N–H and O–H groups in total. The van der Waals surface area contributed by atoms with Gasteiger partial charge in [0.15, 0.2) is 0 Å². The van der Waals surface area contributed by atoms with Gasteiger partial charge in [0.1, 0.15) is 0 Å². The predicted molar refractivity (Wildman–Crippen MR) is 87.4 cm³/mol. The van der Waals surface area contributed by atoms with Crippen molar-refractivity contribution < 1.29 is 0 Å². The van der Waals surface area contributed by atoms with Crippen LogP contribution < -0.4 is 0 Å². The van der Waals surface area contributed by atoms with E-state index in [9.17, 15) is 0 Å². The molecule has 0 aliphatic heterocycles. The lowest BCUT2D eigenvalue weighted by Crippen LogP contribution is -2.10. The first kappa shape index (κ1) is 15.8. The fraction of sp³-hybridized carbons (Fsp3) is 0.474. The summed E-state index contributed by atoms with van der Waals surface area (Å²) in [6.45, 7) is 17.3. The van der Waals surface area contributed by atoms with E-state index in [1.165, 1.54) is 22.3 Å². The zero-order valence-electron chi connectivity index (χ0n) is 13.4. The van der Waals surface area contributed by atoms with Gasteiger partial charge in [-0.15, -0.1) is 0 Å². The van der Waals surface area contributed by atoms with Crippen molar-refractivity contribution in [2.24, 2.45) is 5.92 Å². The van der Waals surface area contributed by atoms with Gasteiger partial charge in [-0.05, 0) is 48.3 Å². The van der Waals surface area contributed by atoms with Crippen LogP contribution in [0.3, 0.4) is 0 Å². The lowest BCUT2D eigenvalue weighted by Gasteiger charge is -2.19. The molecule has 0 bridgehead atoms. The molecule has 0 fully saturated rings. The van der Waals surface area contributed by atoms with E-state index in [1.807, 2.05) is 0 Å². The summed E-state index contributed by atoms with van der Waals surface area (Å²) in [5, 5.41) is 0. The maximum absolute atomic E-state index is 4.07. The number of allylic oxidation sites excluding steroid dienone is 3. The van der Waals surface area contributed by atoms with E-state index < -0.39 is 0 Å². The van der Waals surface area contributed by atoms with Gasteiger partial charge >= 0.3 is 0 Å². The Balaban J connectivity index is 2.98. The molecule has 0 saturated carbocycles. The minimum Gasteiger partial charge on any atom is -0.0995 e. The molecule has 19 heavy (non-hydrogen) atoms. The van der Waals surface area contributed by atoms with E-state index in [2.05, 4.69) is 78.5 Å². The lowest BCUT2D eigenvalue weighted by atomic mass is 9.86. The van der Waals surface area contributed by atoms with Crippen LogP contribution in [0.25, 0.3) is 5.57 Å². The fourth-order valence-corrected chi connectivity index (χ4v) is 2.24. The van der Waals surface area contributed by atoms with Crippen LogP contribution in [0.15, 0.2) is 42.5 Å². The van der Waals surface area contributed by atoms with Gasteiger partial charge in [0, 0.05) is 0 Å².